The fourth-order valence-corrected chi connectivity index (χ4v) is 5.64. The van der Waals surface area contributed by atoms with E-state index in [4.69, 9.17) is 12.2 Å². The molecule has 2 aliphatic rings. The van der Waals surface area contributed by atoms with E-state index < -0.39 is 9.84 Å². The lowest BCUT2D eigenvalue weighted by atomic mass is 10.0. The van der Waals surface area contributed by atoms with E-state index in [1.807, 2.05) is 47.4 Å². The first kappa shape index (κ1) is 14.7. The van der Waals surface area contributed by atoms with Crippen LogP contribution >= 0.6 is 12.2 Å². The van der Waals surface area contributed by atoms with Crippen molar-refractivity contribution < 1.29 is 8.42 Å². The molecule has 2 aliphatic heterocycles. The van der Waals surface area contributed by atoms with E-state index in [0.717, 1.165) is 16.8 Å². The Labute approximate surface area is 141 Å². The molecule has 2 atom stereocenters. The Hall–Kier alpha value is -1.92. The van der Waals surface area contributed by atoms with E-state index in [-0.39, 0.29) is 23.6 Å². The maximum atomic E-state index is 11.9. The number of sulfone groups is 1. The third-order valence-corrected chi connectivity index (χ3v) is 6.47. The highest BCUT2D eigenvalue weighted by Gasteiger charge is 2.47. The average Bonchev–Trinajstić information content (AvgIpc) is 2.98. The van der Waals surface area contributed by atoms with Gasteiger partial charge in [0.15, 0.2) is 14.9 Å². The molecule has 2 fully saturated rings. The standard InChI is InChI=1S/C17H16N2O2S2/c20-23(21)10-15-16(11-23)19(17(22)18-15)14-8-6-13(7-9-14)12-4-2-1-3-5-12/h1-9,15-16H,10-11H2,(H,18,22)/t15-,16-/m1/s1. The summed E-state index contributed by atoms with van der Waals surface area (Å²) in [6.07, 6.45) is 0. The molecule has 118 valence electrons. The minimum Gasteiger partial charge on any atom is -0.356 e. The number of anilines is 1. The molecule has 2 heterocycles. The van der Waals surface area contributed by atoms with Crippen molar-refractivity contribution in [2.75, 3.05) is 16.4 Å². The Balaban J connectivity index is 1.64. The van der Waals surface area contributed by atoms with Gasteiger partial charge >= 0.3 is 0 Å². The van der Waals surface area contributed by atoms with E-state index in [2.05, 4.69) is 17.4 Å². The highest BCUT2D eigenvalue weighted by atomic mass is 32.2. The van der Waals surface area contributed by atoms with Gasteiger partial charge < -0.3 is 10.2 Å². The van der Waals surface area contributed by atoms with Gasteiger partial charge in [-0.2, -0.15) is 0 Å². The number of hydrogen-bond donors (Lipinski definition) is 1. The van der Waals surface area contributed by atoms with E-state index in [1.54, 1.807) is 0 Å². The minimum atomic E-state index is -2.98. The lowest BCUT2D eigenvalue weighted by molar-refractivity contribution is 0.600. The van der Waals surface area contributed by atoms with Crippen LogP contribution in [0.3, 0.4) is 0 Å². The van der Waals surface area contributed by atoms with Gasteiger partial charge in [0.1, 0.15) is 0 Å². The third-order valence-electron chi connectivity index (χ3n) is 4.43. The molecular formula is C17H16N2O2S2. The molecule has 0 radical (unpaired) electrons. The monoisotopic (exact) mass is 344 g/mol. The topological polar surface area (TPSA) is 49.4 Å². The summed E-state index contributed by atoms with van der Waals surface area (Å²) >= 11 is 5.40. The molecule has 4 rings (SSSR count). The molecule has 2 saturated heterocycles. The second-order valence-corrected chi connectivity index (χ2v) is 8.52. The Morgan fingerprint density at radius 3 is 2.30 bits per heavy atom. The van der Waals surface area contributed by atoms with E-state index in [0.29, 0.717) is 5.11 Å². The summed E-state index contributed by atoms with van der Waals surface area (Å²) in [5.41, 5.74) is 3.22. The largest absolute Gasteiger partial charge is 0.356 e. The molecule has 0 bridgehead atoms. The smallest absolute Gasteiger partial charge is 0.174 e. The molecule has 0 amide bonds. The maximum Gasteiger partial charge on any atom is 0.174 e. The van der Waals surface area contributed by atoms with Crippen LogP contribution in [-0.4, -0.2) is 37.1 Å². The quantitative estimate of drug-likeness (QED) is 0.847. The second-order valence-electron chi connectivity index (χ2n) is 5.98. The van der Waals surface area contributed by atoms with Crippen molar-refractivity contribution in [1.82, 2.24) is 5.32 Å². The van der Waals surface area contributed by atoms with Crippen molar-refractivity contribution in [3.05, 3.63) is 54.6 Å². The molecule has 0 aromatic heterocycles. The first-order valence-corrected chi connectivity index (χ1v) is 9.72. The van der Waals surface area contributed by atoms with Crippen LogP contribution in [0.2, 0.25) is 0 Å². The Bertz CT molecular complexity index is 848. The fraction of sp³-hybridized carbons (Fsp3) is 0.235. The predicted molar refractivity (Wildman–Crippen MR) is 96.3 cm³/mol. The van der Waals surface area contributed by atoms with Crippen molar-refractivity contribution in [3.8, 4) is 11.1 Å². The Kier molecular flexibility index (Phi) is 3.39. The summed E-state index contributed by atoms with van der Waals surface area (Å²) in [5.74, 6) is 0.321. The lowest BCUT2D eigenvalue weighted by Gasteiger charge is -2.23. The van der Waals surface area contributed by atoms with Crippen LogP contribution in [0.4, 0.5) is 5.69 Å². The van der Waals surface area contributed by atoms with Crippen LogP contribution in [0.15, 0.2) is 54.6 Å². The Morgan fingerprint density at radius 1 is 0.957 bits per heavy atom. The van der Waals surface area contributed by atoms with Gasteiger partial charge in [0.25, 0.3) is 0 Å². The first-order chi connectivity index (χ1) is 11.0. The van der Waals surface area contributed by atoms with Gasteiger partial charge in [-0.15, -0.1) is 0 Å². The van der Waals surface area contributed by atoms with Crippen LogP contribution < -0.4 is 10.2 Å². The van der Waals surface area contributed by atoms with Crippen LogP contribution in [0.1, 0.15) is 0 Å². The molecule has 0 saturated carbocycles. The summed E-state index contributed by atoms with van der Waals surface area (Å²) in [6.45, 7) is 0. The van der Waals surface area contributed by atoms with Crippen molar-refractivity contribution in [1.29, 1.82) is 0 Å². The maximum absolute atomic E-state index is 11.9. The van der Waals surface area contributed by atoms with E-state index >= 15 is 0 Å². The number of nitrogens with one attached hydrogen (secondary N) is 1. The van der Waals surface area contributed by atoms with Crippen LogP contribution in [0.5, 0.6) is 0 Å². The van der Waals surface area contributed by atoms with E-state index in [1.165, 1.54) is 0 Å². The van der Waals surface area contributed by atoms with Gasteiger partial charge in [-0.3, -0.25) is 0 Å². The molecule has 0 unspecified atom stereocenters. The molecule has 23 heavy (non-hydrogen) atoms. The van der Waals surface area contributed by atoms with Crippen LogP contribution in [0.25, 0.3) is 11.1 Å². The van der Waals surface area contributed by atoms with Crippen molar-refractivity contribution in [3.63, 3.8) is 0 Å². The summed E-state index contributed by atoms with van der Waals surface area (Å²) in [6, 6.07) is 18.0. The van der Waals surface area contributed by atoms with Crippen molar-refractivity contribution in [2.24, 2.45) is 0 Å². The number of nitrogens with zero attached hydrogens (tertiary/aromatic N) is 1. The minimum absolute atomic E-state index is 0.0960. The zero-order valence-electron chi connectivity index (χ0n) is 12.3. The first-order valence-electron chi connectivity index (χ1n) is 7.49. The van der Waals surface area contributed by atoms with Gasteiger partial charge in [-0.05, 0) is 35.5 Å². The number of fused-ring (bicyclic) bond motifs is 1. The lowest BCUT2D eigenvalue weighted by Crippen LogP contribution is -2.36. The zero-order chi connectivity index (χ0) is 16.0. The van der Waals surface area contributed by atoms with E-state index in [9.17, 15) is 8.42 Å². The van der Waals surface area contributed by atoms with Crippen LogP contribution in [0, 0.1) is 0 Å². The summed E-state index contributed by atoms with van der Waals surface area (Å²) in [4.78, 5) is 1.94. The molecule has 4 nitrogen and oxygen atoms in total. The van der Waals surface area contributed by atoms with Crippen LogP contribution in [-0.2, 0) is 9.84 Å². The SMILES string of the molecule is O=S1(=O)C[C@@H]2[C@@H](C1)NC(=S)N2c1ccc(-c2ccccc2)cc1. The molecule has 2 aromatic carbocycles. The van der Waals surface area contributed by atoms with Gasteiger partial charge in [0.05, 0.1) is 23.6 Å². The highest BCUT2D eigenvalue weighted by Crippen LogP contribution is 2.31. The molecule has 6 heteroatoms. The second kappa shape index (κ2) is 5.32. The number of hydrogen-bond acceptors (Lipinski definition) is 3. The van der Waals surface area contributed by atoms with Gasteiger partial charge in [0.2, 0.25) is 0 Å². The van der Waals surface area contributed by atoms with Gasteiger partial charge in [-0.25, -0.2) is 8.42 Å². The molecule has 2 aromatic rings. The fourth-order valence-electron chi connectivity index (χ4n) is 3.35. The normalized spacial score (nSPS) is 25.2. The summed E-state index contributed by atoms with van der Waals surface area (Å²) in [7, 11) is -2.98. The summed E-state index contributed by atoms with van der Waals surface area (Å²) < 4.78 is 23.7. The zero-order valence-corrected chi connectivity index (χ0v) is 14.0. The summed E-state index contributed by atoms with van der Waals surface area (Å²) in [5, 5.41) is 3.76. The molecule has 0 spiro atoms. The van der Waals surface area contributed by atoms with Crippen molar-refractivity contribution >= 4 is 32.9 Å². The predicted octanol–water partition coefficient (Wildman–Crippen LogP) is 2.21. The Morgan fingerprint density at radius 2 is 1.61 bits per heavy atom. The van der Waals surface area contributed by atoms with Gasteiger partial charge in [0, 0.05) is 5.69 Å². The number of rotatable bonds is 2. The average molecular weight is 344 g/mol. The third kappa shape index (κ3) is 2.62. The molecular weight excluding hydrogens is 328 g/mol. The number of benzene rings is 2. The van der Waals surface area contributed by atoms with Crippen molar-refractivity contribution in [2.45, 2.75) is 12.1 Å². The number of thiocarbonyl (C=S) groups is 1. The molecule has 0 aliphatic carbocycles. The highest BCUT2D eigenvalue weighted by molar-refractivity contribution is 7.91. The van der Waals surface area contributed by atoms with Gasteiger partial charge in [-0.1, -0.05) is 42.5 Å². The molecule has 1 N–H and O–H groups in total.